The molecule has 0 aromatic heterocycles. The van der Waals surface area contributed by atoms with E-state index in [0.717, 1.165) is 24.0 Å². The third-order valence-electron chi connectivity index (χ3n) is 3.89. The lowest BCUT2D eigenvalue weighted by Crippen LogP contribution is -2.18. The number of ether oxygens (including phenoxy) is 1. The first-order valence-corrected chi connectivity index (χ1v) is 6.19. The van der Waals surface area contributed by atoms with Gasteiger partial charge in [-0.15, -0.1) is 0 Å². The Bertz CT molecular complexity index is 576. The van der Waals surface area contributed by atoms with Gasteiger partial charge in [0.15, 0.2) is 0 Å². The Kier molecular flexibility index (Phi) is 2.73. The van der Waals surface area contributed by atoms with Crippen LogP contribution >= 0.6 is 0 Å². The zero-order chi connectivity index (χ0) is 12.6. The fourth-order valence-corrected chi connectivity index (χ4v) is 2.71. The molecule has 2 N–H and O–H groups in total. The predicted molar refractivity (Wildman–Crippen MR) is 71.6 cm³/mol. The summed E-state index contributed by atoms with van der Waals surface area (Å²) in [6, 6.07) is 12.5. The van der Waals surface area contributed by atoms with E-state index in [2.05, 4.69) is 24.3 Å². The maximum Gasteiger partial charge on any atom is 0.126 e. The lowest BCUT2D eigenvalue weighted by atomic mass is 9.91. The molecule has 3 rings (SSSR count). The van der Waals surface area contributed by atoms with Crippen LogP contribution in [-0.2, 0) is 10.3 Å². The fourth-order valence-electron chi connectivity index (χ4n) is 2.71. The molecule has 0 amide bonds. The first-order valence-electron chi connectivity index (χ1n) is 6.19. The SMILES string of the molecule is COc1ccc(C2(CON)CC2)c2ccccc12. The van der Waals surface area contributed by atoms with Crippen LogP contribution in [0.3, 0.4) is 0 Å². The average molecular weight is 243 g/mol. The van der Waals surface area contributed by atoms with Crippen LogP contribution in [0.15, 0.2) is 36.4 Å². The molecule has 18 heavy (non-hydrogen) atoms. The van der Waals surface area contributed by atoms with E-state index in [9.17, 15) is 0 Å². The topological polar surface area (TPSA) is 44.5 Å². The summed E-state index contributed by atoms with van der Waals surface area (Å²) in [7, 11) is 1.71. The normalized spacial score (nSPS) is 16.8. The van der Waals surface area contributed by atoms with Crippen LogP contribution in [0.4, 0.5) is 0 Å². The van der Waals surface area contributed by atoms with Gasteiger partial charge in [-0.25, -0.2) is 5.90 Å². The maximum absolute atomic E-state index is 5.42. The molecule has 0 saturated heterocycles. The Balaban J connectivity index is 2.19. The van der Waals surface area contributed by atoms with Gasteiger partial charge in [0.25, 0.3) is 0 Å². The number of fused-ring (bicyclic) bond motifs is 1. The highest BCUT2D eigenvalue weighted by Crippen LogP contribution is 2.51. The van der Waals surface area contributed by atoms with Crippen molar-refractivity contribution in [2.24, 2.45) is 5.90 Å². The Morgan fingerprint density at radius 1 is 1.11 bits per heavy atom. The first-order chi connectivity index (χ1) is 8.80. The minimum absolute atomic E-state index is 0.112. The van der Waals surface area contributed by atoms with E-state index in [1.54, 1.807) is 7.11 Å². The van der Waals surface area contributed by atoms with Gasteiger partial charge in [-0.2, -0.15) is 0 Å². The van der Waals surface area contributed by atoms with Crippen LogP contribution in [0.25, 0.3) is 10.8 Å². The van der Waals surface area contributed by atoms with Gasteiger partial charge in [-0.3, -0.25) is 0 Å². The first kappa shape index (κ1) is 11.5. The molecule has 0 radical (unpaired) electrons. The second-order valence-electron chi connectivity index (χ2n) is 4.95. The molecule has 1 aliphatic rings. The molecular formula is C15H17NO2. The number of hydrogen-bond acceptors (Lipinski definition) is 3. The summed E-state index contributed by atoms with van der Waals surface area (Å²) in [6.45, 7) is 0.587. The third kappa shape index (κ3) is 1.67. The summed E-state index contributed by atoms with van der Waals surface area (Å²) < 4.78 is 5.42. The highest BCUT2D eigenvalue weighted by Gasteiger charge is 2.45. The van der Waals surface area contributed by atoms with Crippen molar-refractivity contribution in [3.05, 3.63) is 42.0 Å². The minimum Gasteiger partial charge on any atom is -0.496 e. The predicted octanol–water partition coefficient (Wildman–Crippen LogP) is 2.77. The van der Waals surface area contributed by atoms with Crippen molar-refractivity contribution >= 4 is 10.8 Å². The van der Waals surface area contributed by atoms with Crippen molar-refractivity contribution < 1.29 is 9.57 Å². The van der Waals surface area contributed by atoms with E-state index in [0.29, 0.717) is 6.61 Å². The average Bonchev–Trinajstić information content (AvgIpc) is 3.18. The van der Waals surface area contributed by atoms with Crippen molar-refractivity contribution in [2.75, 3.05) is 13.7 Å². The van der Waals surface area contributed by atoms with Gasteiger partial charge in [0, 0.05) is 10.8 Å². The van der Waals surface area contributed by atoms with Crippen LogP contribution in [0, 0.1) is 0 Å². The number of rotatable bonds is 4. The fraction of sp³-hybridized carbons (Fsp3) is 0.333. The molecule has 0 bridgehead atoms. The highest BCUT2D eigenvalue weighted by molar-refractivity contribution is 5.92. The standard InChI is InChI=1S/C15H17NO2/c1-17-14-7-6-13(15(8-9-15)10-18-16)11-4-2-3-5-12(11)14/h2-7H,8-10,16H2,1H3. The maximum atomic E-state index is 5.42. The van der Waals surface area contributed by atoms with Gasteiger partial charge >= 0.3 is 0 Å². The molecule has 0 atom stereocenters. The molecule has 2 aromatic rings. The molecular weight excluding hydrogens is 226 g/mol. The Morgan fingerprint density at radius 3 is 2.44 bits per heavy atom. The molecule has 1 aliphatic carbocycles. The lowest BCUT2D eigenvalue weighted by Gasteiger charge is -2.18. The van der Waals surface area contributed by atoms with E-state index in [1.807, 2.05) is 12.1 Å². The zero-order valence-electron chi connectivity index (χ0n) is 10.5. The number of methoxy groups -OCH3 is 1. The second kappa shape index (κ2) is 4.26. The van der Waals surface area contributed by atoms with Crippen molar-refractivity contribution in [1.82, 2.24) is 0 Å². The quantitative estimate of drug-likeness (QED) is 0.840. The van der Waals surface area contributed by atoms with E-state index in [-0.39, 0.29) is 5.41 Å². The Morgan fingerprint density at radius 2 is 1.83 bits per heavy atom. The summed E-state index contributed by atoms with van der Waals surface area (Å²) in [4.78, 5) is 4.90. The summed E-state index contributed by atoms with van der Waals surface area (Å²) in [5.41, 5.74) is 1.44. The van der Waals surface area contributed by atoms with Crippen LogP contribution in [-0.4, -0.2) is 13.7 Å². The Hall–Kier alpha value is -1.58. The molecule has 0 aliphatic heterocycles. The molecule has 0 unspecified atom stereocenters. The summed E-state index contributed by atoms with van der Waals surface area (Å²) in [5, 5.41) is 2.40. The van der Waals surface area contributed by atoms with Gasteiger partial charge in [0.2, 0.25) is 0 Å². The molecule has 2 aromatic carbocycles. The highest BCUT2D eigenvalue weighted by atomic mass is 16.6. The molecule has 1 saturated carbocycles. The van der Waals surface area contributed by atoms with Crippen molar-refractivity contribution in [1.29, 1.82) is 0 Å². The monoisotopic (exact) mass is 243 g/mol. The van der Waals surface area contributed by atoms with Gasteiger partial charge in [0.1, 0.15) is 5.75 Å². The van der Waals surface area contributed by atoms with E-state index >= 15 is 0 Å². The molecule has 1 fully saturated rings. The zero-order valence-corrected chi connectivity index (χ0v) is 10.5. The smallest absolute Gasteiger partial charge is 0.126 e. The number of hydrogen-bond donors (Lipinski definition) is 1. The van der Waals surface area contributed by atoms with Crippen molar-refractivity contribution in [3.63, 3.8) is 0 Å². The molecule has 0 spiro atoms. The third-order valence-corrected chi connectivity index (χ3v) is 3.89. The van der Waals surface area contributed by atoms with Gasteiger partial charge in [-0.1, -0.05) is 30.3 Å². The largest absolute Gasteiger partial charge is 0.496 e. The Labute approximate surface area is 106 Å². The number of nitrogens with two attached hydrogens (primary N) is 1. The van der Waals surface area contributed by atoms with Crippen LogP contribution in [0.5, 0.6) is 5.75 Å². The van der Waals surface area contributed by atoms with Crippen molar-refractivity contribution in [2.45, 2.75) is 18.3 Å². The number of benzene rings is 2. The minimum atomic E-state index is 0.112. The summed E-state index contributed by atoms with van der Waals surface area (Å²) in [5.74, 6) is 6.18. The summed E-state index contributed by atoms with van der Waals surface area (Å²) >= 11 is 0. The van der Waals surface area contributed by atoms with Crippen molar-refractivity contribution in [3.8, 4) is 5.75 Å². The van der Waals surface area contributed by atoms with Gasteiger partial charge < -0.3 is 9.57 Å². The van der Waals surface area contributed by atoms with Crippen LogP contribution < -0.4 is 10.6 Å². The molecule has 3 nitrogen and oxygen atoms in total. The van der Waals surface area contributed by atoms with Gasteiger partial charge in [0.05, 0.1) is 13.7 Å². The second-order valence-corrected chi connectivity index (χ2v) is 4.95. The van der Waals surface area contributed by atoms with Crippen LogP contribution in [0.1, 0.15) is 18.4 Å². The lowest BCUT2D eigenvalue weighted by molar-refractivity contribution is 0.116. The summed E-state index contributed by atoms with van der Waals surface area (Å²) in [6.07, 6.45) is 2.28. The van der Waals surface area contributed by atoms with E-state index in [1.165, 1.54) is 10.9 Å². The molecule has 94 valence electrons. The van der Waals surface area contributed by atoms with E-state index in [4.69, 9.17) is 15.5 Å². The van der Waals surface area contributed by atoms with Crippen LogP contribution in [0.2, 0.25) is 0 Å². The molecule has 0 heterocycles. The van der Waals surface area contributed by atoms with E-state index < -0.39 is 0 Å². The van der Waals surface area contributed by atoms with Gasteiger partial charge in [-0.05, 0) is 29.9 Å². The molecule has 3 heteroatoms.